The Bertz CT molecular complexity index is 967. The number of rotatable bonds is 5. The summed E-state index contributed by atoms with van der Waals surface area (Å²) < 4.78 is 0. The molecule has 0 radical (unpaired) electrons. The standard InChI is InChI=1S/C22H28N6O2S/c29-21(25-17-5-2-8-23-11-17)27-19-13-31-20(26-19)15-6-7-18-16(9-15)10-24-22(30)28(18)12-14-3-1-4-14/h6-7,9,13-14,17,23H,1-5,8,10-12H2,(H,24,30)(H2,25,27,29)/t17-/m0/s1. The highest BCUT2D eigenvalue weighted by Gasteiger charge is 2.29. The molecule has 3 heterocycles. The summed E-state index contributed by atoms with van der Waals surface area (Å²) >= 11 is 1.50. The number of urea groups is 2. The lowest BCUT2D eigenvalue weighted by molar-refractivity contribution is 0.239. The minimum atomic E-state index is -0.217. The number of hydrogen-bond donors (Lipinski definition) is 4. The molecule has 9 heteroatoms. The average Bonchev–Trinajstić information content (AvgIpc) is 3.20. The minimum Gasteiger partial charge on any atom is -0.334 e. The van der Waals surface area contributed by atoms with Crippen molar-refractivity contribution in [1.82, 2.24) is 20.9 Å². The van der Waals surface area contributed by atoms with Crippen LogP contribution in [-0.2, 0) is 6.54 Å². The van der Waals surface area contributed by atoms with Crippen LogP contribution in [0.5, 0.6) is 0 Å². The van der Waals surface area contributed by atoms with Crippen LogP contribution >= 0.6 is 11.3 Å². The molecule has 2 aliphatic heterocycles. The number of piperidine rings is 1. The number of hydrogen-bond acceptors (Lipinski definition) is 5. The van der Waals surface area contributed by atoms with Gasteiger partial charge in [0.15, 0.2) is 0 Å². The highest BCUT2D eigenvalue weighted by molar-refractivity contribution is 7.13. The summed E-state index contributed by atoms with van der Waals surface area (Å²) in [7, 11) is 0. The van der Waals surface area contributed by atoms with E-state index in [9.17, 15) is 9.59 Å². The third kappa shape index (κ3) is 4.52. The van der Waals surface area contributed by atoms with E-state index in [1.54, 1.807) is 0 Å². The first-order valence-electron chi connectivity index (χ1n) is 11.1. The van der Waals surface area contributed by atoms with Gasteiger partial charge in [0.2, 0.25) is 0 Å². The van der Waals surface area contributed by atoms with Crippen molar-refractivity contribution < 1.29 is 9.59 Å². The largest absolute Gasteiger partial charge is 0.334 e. The van der Waals surface area contributed by atoms with E-state index in [4.69, 9.17) is 0 Å². The van der Waals surface area contributed by atoms with Gasteiger partial charge >= 0.3 is 12.1 Å². The predicted molar refractivity (Wildman–Crippen MR) is 123 cm³/mol. The molecule has 0 spiro atoms. The lowest BCUT2D eigenvalue weighted by Gasteiger charge is -2.36. The number of anilines is 2. The van der Waals surface area contributed by atoms with Crippen molar-refractivity contribution in [3.8, 4) is 10.6 Å². The highest BCUT2D eigenvalue weighted by atomic mass is 32.1. The number of nitrogens with zero attached hydrogens (tertiary/aromatic N) is 2. The fraction of sp³-hybridized carbons (Fsp3) is 0.500. The molecule has 2 fully saturated rings. The van der Waals surface area contributed by atoms with Crippen LogP contribution < -0.4 is 26.2 Å². The van der Waals surface area contributed by atoms with Gasteiger partial charge < -0.3 is 16.0 Å². The van der Waals surface area contributed by atoms with Crippen molar-refractivity contribution in [1.29, 1.82) is 0 Å². The zero-order valence-electron chi connectivity index (χ0n) is 17.4. The molecule has 1 saturated heterocycles. The van der Waals surface area contributed by atoms with Crippen LogP contribution in [0.15, 0.2) is 23.6 Å². The fourth-order valence-electron chi connectivity index (χ4n) is 4.39. The Morgan fingerprint density at radius 2 is 2.16 bits per heavy atom. The highest BCUT2D eigenvalue weighted by Crippen LogP contribution is 2.35. The fourth-order valence-corrected chi connectivity index (χ4v) is 5.14. The zero-order chi connectivity index (χ0) is 21.2. The second-order valence-corrected chi connectivity index (χ2v) is 9.45. The first-order valence-corrected chi connectivity index (χ1v) is 12.0. The second kappa shape index (κ2) is 8.84. The van der Waals surface area contributed by atoms with E-state index < -0.39 is 0 Å². The molecule has 2 aromatic rings. The van der Waals surface area contributed by atoms with Crippen molar-refractivity contribution in [2.24, 2.45) is 5.92 Å². The number of aromatic nitrogens is 1. The summed E-state index contributed by atoms with van der Waals surface area (Å²) in [5.74, 6) is 1.17. The molecule has 1 saturated carbocycles. The van der Waals surface area contributed by atoms with Gasteiger partial charge in [0.1, 0.15) is 10.8 Å². The van der Waals surface area contributed by atoms with Crippen molar-refractivity contribution in [2.45, 2.75) is 44.7 Å². The van der Waals surface area contributed by atoms with E-state index in [1.807, 2.05) is 22.4 Å². The molecule has 8 nitrogen and oxygen atoms in total. The van der Waals surface area contributed by atoms with E-state index in [1.165, 1.54) is 30.6 Å². The molecule has 31 heavy (non-hydrogen) atoms. The summed E-state index contributed by atoms with van der Waals surface area (Å²) in [5, 5.41) is 14.8. The Morgan fingerprint density at radius 3 is 2.94 bits per heavy atom. The molecule has 4 N–H and O–H groups in total. The van der Waals surface area contributed by atoms with E-state index in [0.29, 0.717) is 18.3 Å². The van der Waals surface area contributed by atoms with Crippen LogP contribution in [0.2, 0.25) is 0 Å². The number of carbonyl (C=O) groups is 2. The lowest BCUT2D eigenvalue weighted by atomic mass is 9.85. The average molecular weight is 441 g/mol. The maximum atomic E-state index is 12.4. The molecule has 1 atom stereocenters. The van der Waals surface area contributed by atoms with Gasteiger partial charge in [-0.2, -0.15) is 0 Å². The minimum absolute atomic E-state index is 0.00735. The molecule has 0 unspecified atom stereocenters. The van der Waals surface area contributed by atoms with Crippen molar-refractivity contribution in [3.63, 3.8) is 0 Å². The van der Waals surface area contributed by atoms with E-state index in [2.05, 4.69) is 32.3 Å². The van der Waals surface area contributed by atoms with Crippen LogP contribution in [0.4, 0.5) is 21.1 Å². The predicted octanol–water partition coefficient (Wildman–Crippen LogP) is 3.51. The van der Waals surface area contributed by atoms with Crippen molar-refractivity contribution >= 4 is 34.9 Å². The lowest BCUT2D eigenvalue weighted by Crippen LogP contribution is -2.47. The van der Waals surface area contributed by atoms with Crippen LogP contribution in [-0.4, -0.2) is 42.7 Å². The van der Waals surface area contributed by atoms with Gasteiger partial charge in [0.25, 0.3) is 0 Å². The quantitative estimate of drug-likeness (QED) is 0.572. The Kier molecular flexibility index (Phi) is 5.78. The number of amides is 4. The van der Waals surface area contributed by atoms with Gasteiger partial charge in [0.05, 0.1) is 5.69 Å². The summed E-state index contributed by atoms with van der Waals surface area (Å²) in [6.07, 6.45) is 5.74. The topological polar surface area (TPSA) is 98.4 Å². The van der Waals surface area contributed by atoms with Crippen molar-refractivity contribution in [2.75, 3.05) is 29.9 Å². The van der Waals surface area contributed by atoms with Gasteiger partial charge in [0, 0.05) is 36.6 Å². The number of benzene rings is 1. The first kappa shape index (κ1) is 20.3. The van der Waals surface area contributed by atoms with E-state index in [-0.39, 0.29) is 18.1 Å². The number of fused-ring (bicyclic) bond motifs is 1. The van der Waals surface area contributed by atoms with Gasteiger partial charge in [-0.15, -0.1) is 11.3 Å². The molecule has 1 aromatic heterocycles. The van der Waals surface area contributed by atoms with Crippen LogP contribution in [0.1, 0.15) is 37.7 Å². The second-order valence-electron chi connectivity index (χ2n) is 8.59. The van der Waals surface area contributed by atoms with E-state index in [0.717, 1.165) is 54.3 Å². The maximum Gasteiger partial charge on any atom is 0.322 e. The molecule has 5 rings (SSSR count). The van der Waals surface area contributed by atoms with Crippen LogP contribution in [0.25, 0.3) is 10.6 Å². The zero-order valence-corrected chi connectivity index (χ0v) is 18.3. The molecular weight excluding hydrogens is 412 g/mol. The molecule has 164 valence electrons. The number of thiazole rings is 1. The monoisotopic (exact) mass is 440 g/mol. The Balaban J connectivity index is 1.26. The molecule has 4 amide bonds. The third-order valence-electron chi connectivity index (χ3n) is 6.34. The van der Waals surface area contributed by atoms with Crippen LogP contribution in [0, 0.1) is 5.92 Å². The van der Waals surface area contributed by atoms with Gasteiger partial charge in [-0.1, -0.05) is 6.42 Å². The normalized spacial score (nSPS) is 21.1. The number of nitrogens with one attached hydrogen (secondary N) is 4. The SMILES string of the molecule is O=C(Nc1csc(-c2ccc3c(c2)CNC(=O)N3CC2CCC2)n1)N[C@H]1CCCNC1. The Morgan fingerprint density at radius 1 is 1.26 bits per heavy atom. The summed E-state index contributed by atoms with van der Waals surface area (Å²) in [6, 6.07) is 6.07. The smallest absolute Gasteiger partial charge is 0.322 e. The molecular formula is C22H28N6O2S. The van der Waals surface area contributed by atoms with Crippen LogP contribution in [0.3, 0.4) is 0 Å². The van der Waals surface area contributed by atoms with Gasteiger partial charge in [-0.3, -0.25) is 10.2 Å². The Labute approximate surface area is 185 Å². The first-order chi connectivity index (χ1) is 15.2. The molecule has 1 aromatic carbocycles. The summed E-state index contributed by atoms with van der Waals surface area (Å²) in [4.78, 5) is 31.1. The van der Waals surface area contributed by atoms with Gasteiger partial charge in [-0.25, -0.2) is 14.6 Å². The molecule has 0 bridgehead atoms. The van der Waals surface area contributed by atoms with Gasteiger partial charge in [-0.05, 0) is 61.9 Å². The van der Waals surface area contributed by atoms with E-state index >= 15 is 0 Å². The summed E-state index contributed by atoms with van der Waals surface area (Å²) in [5.41, 5.74) is 3.09. The molecule has 1 aliphatic carbocycles. The summed E-state index contributed by atoms with van der Waals surface area (Å²) in [6.45, 7) is 3.13. The number of carbonyl (C=O) groups excluding carboxylic acids is 2. The molecule has 3 aliphatic rings. The van der Waals surface area contributed by atoms with Crippen molar-refractivity contribution in [3.05, 3.63) is 29.1 Å². The Hall–Kier alpha value is -2.65. The third-order valence-corrected chi connectivity index (χ3v) is 7.23. The maximum absolute atomic E-state index is 12.4.